The highest BCUT2D eigenvalue weighted by atomic mass is 16.5. The number of carbonyl (C=O) groups is 1. The van der Waals surface area contributed by atoms with Crippen LogP contribution in [0.3, 0.4) is 0 Å². The molecular formula is C22H25N3O4. The number of aryl methyl sites for hydroxylation is 1. The Hall–Kier alpha value is -3.35. The van der Waals surface area contributed by atoms with Gasteiger partial charge in [0.25, 0.3) is 5.56 Å². The fraction of sp³-hybridized carbons (Fsp3) is 0.318. The molecule has 0 saturated heterocycles. The molecule has 0 saturated carbocycles. The average Bonchev–Trinajstić information content (AvgIpc) is 2.74. The molecule has 1 N–H and O–H groups in total. The maximum absolute atomic E-state index is 12.4. The van der Waals surface area contributed by atoms with Crippen molar-refractivity contribution in [3.05, 3.63) is 64.7 Å². The van der Waals surface area contributed by atoms with Crippen LogP contribution >= 0.6 is 0 Å². The number of hydrogen-bond acceptors (Lipinski definition) is 5. The Morgan fingerprint density at radius 2 is 1.76 bits per heavy atom. The Labute approximate surface area is 169 Å². The summed E-state index contributed by atoms with van der Waals surface area (Å²) in [4.78, 5) is 29.0. The van der Waals surface area contributed by atoms with E-state index in [0.717, 1.165) is 11.5 Å². The van der Waals surface area contributed by atoms with Crippen LogP contribution < -0.4 is 20.3 Å². The minimum atomic E-state index is -0.109. The van der Waals surface area contributed by atoms with Gasteiger partial charge in [-0.1, -0.05) is 12.1 Å². The van der Waals surface area contributed by atoms with Crippen LogP contribution in [0.4, 0.5) is 0 Å². The van der Waals surface area contributed by atoms with Crippen LogP contribution in [-0.4, -0.2) is 35.2 Å². The zero-order chi connectivity index (χ0) is 20.6. The minimum Gasteiger partial charge on any atom is -0.494 e. The van der Waals surface area contributed by atoms with Crippen molar-refractivity contribution in [2.24, 2.45) is 7.05 Å². The monoisotopic (exact) mass is 395 g/mol. The standard InChI is InChI=1S/C22H25N3O4/c1-3-28-16-8-10-17(11-9-16)29-15-14-23-21(26)13-12-20-24-19-7-5-4-6-18(19)22(27)25(20)2/h4-11H,3,12-15H2,1-2H3,(H,23,26). The van der Waals surface area contributed by atoms with Crippen LogP contribution in [0.1, 0.15) is 19.2 Å². The van der Waals surface area contributed by atoms with Gasteiger partial charge in [0.1, 0.15) is 23.9 Å². The minimum absolute atomic E-state index is 0.102. The summed E-state index contributed by atoms with van der Waals surface area (Å²) in [6, 6.07) is 14.6. The van der Waals surface area contributed by atoms with Crippen LogP contribution in [0, 0.1) is 0 Å². The maximum Gasteiger partial charge on any atom is 0.261 e. The summed E-state index contributed by atoms with van der Waals surface area (Å²) in [6.45, 7) is 3.32. The van der Waals surface area contributed by atoms with Crippen molar-refractivity contribution >= 4 is 16.8 Å². The van der Waals surface area contributed by atoms with Crippen molar-refractivity contribution in [2.45, 2.75) is 19.8 Å². The summed E-state index contributed by atoms with van der Waals surface area (Å²) < 4.78 is 12.5. The molecule has 152 valence electrons. The number of benzene rings is 2. The van der Waals surface area contributed by atoms with Crippen molar-refractivity contribution in [3.8, 4) is 11.5 Å². The van der Waals surface area contributed by atoms with Gasteiger partial charge in [-0.15, -0.1) is 0 Å². The predicted octanol–water partition coefficient (Wildman–Crippen LogP) is 2.46. The molecule has 29 heavy (non-hydrogen) atoms. The second kappa shape index (κ2) is 9.73. The Morgan fingerprint density at radius 1 is 1.07 bits per heavy atom. The first-order chi connectivity index (χ1) is 14.1. The molecular weight excluding hydrogens is 370 g/mol. The van der Waals surface area contributed by atoms with Gasteiger partial charge in [0.2, 0.25) is 5.91 Å². The van der Waals surface area contributed by atoms with Crippen molar-refractivity contribution in [2.75, 3.05) is 19.8 Å². The first-order valence-electron chi connectivity index (χ1n) is 9.65. The SMILES string of the molecule is CCOc1ccc(OCCNC(=O)CCc2nc3ccccc3c(=O)n2C)cc1. The molecule has 3 rings (SSSR count). The zero-order valence-corrected chi connectivity index (χ0v) is 16.7. The van der Waals surface area contributed by atoms with Gasteiger partial charge in [0.05, 0.1) is 24.1 Å². The number of nitrogens with zero attached hydrogens (tertiary/aromatic N) is 2. The summed E-state index contributed by atoms with van der Waals surface area (Å²) in [5, 5.41) is 3.40. The number of carbonyl (C=O) groups excluding carboxylic acids is 1. The third-order valence-corrected chi connectivity index (χ3v) is 4.48. The van der Waals surface area contributed by atoms with Gasteiger partial charge in [0, 0.05) is 19.9 Å². The van der Waals surface area contributed by atoms with E-state index in [2.05, 4.69) is 10.3 Å². The van der Waals surface area contributed by atoms with Crippen LogP contribution in [0.25, 0.3) is 10.9 Å². The molecule has 1 heterocycles. The summed E-state index contributed by atoms with van der Waals surface area (Å²) >= 11 is 0. The lowest BCUT2D eigenvalue weighted by atomic mass is 10.2. The highest BCUT2D eigenvalue weighted by Crippen LogP contribution is 2.17. The van der Waals surface area contributed by atoms with Crippen molar-refractivity contribution < 1.29 is 14.3 Å². The molecule has 0 aliphatic carbocycles. The van der Waals surface area contributed by atoms with E-state index < -0.39 is 0 Å². The lowest BCUT2D eigenvalue weighted by molar-refractivity contribution is -0.121. The van der Waals surface area contributed by atoms with Gasteiger partial charge < -0.3 is 14.8 Å². The van der Waals surface area contributed by atoms with Crippen LogP contribution in [0.5, 0.6) is 11.5 Å². The lowest BCUT2D eigenvalue weighted by Gasteiger charge is -2.10. The molecule has 0 aliphatic rings. The highest BCUT2D eigenvalue weighted by Gasteiger charge is 2.10. The number of amides is 1. The normalized spacial score (nSPS) is 10.7. The van der Waals surface area contributed by atoms with Gasteiger partial charge in [-0.3, -0.25) is 14.2 Å². The molecule has 1 aromatic heterocycles. The number of aromatic nitrogens is 2. The molecule has 2 aromatic carbocycles. The summed E-state index contributed by atoms with van der Waals surface area (Å²) in [5.74, 6) is 2.00. The largest absolute Gasteiger partial charge is 0.494 e. The van der Waals surface area contributed by atoms with Crippen LogP contribution in [0.15, 0.2) is 53.3 Å². The second-order valence-corrected chi connectivity index (χ2v) is 6.51. The number of rotatable bonds is 9. The van der Waals surface area contributed by atoms with Crippen LogP contribution in [-0.2, 0) is 18.3 Å². The summed E-state index contributed by atoms with van der Waals surface area (Å²) in [6.07, 6.45) is 0.643. The molecule has 0 unspecified atom stereocenters. The fourth-order valence-corrected chi connectivity index (χ4v) is 2.96. The topological polar surface area (TPSA) is 82.5 Å². The molecule has 7 nitrogen and oxygen atoms in total. The van der Waals surface area contributed by atoms with E-state index in [1.54, 1.807) is 19.2 Å². The smallest absolute Gasteiger partial charge is 0.261 e. The third kappa shape index (κ3) is 5.34. The molecule has 0 aliphatic heterocycles. The fourth-order valence-electron chi connectivity index (χ4n) is 2.96. The van der Waals surface area contributed by atoms with Gasteiger partial charge in [-0.05, 0) is 43.3 Å². The molecule has 0 fully saturated rings. The lowest BCUT2D eigenvalue weighted by Crippen LogP contribution is -2.29. The Morgan fingerprint density at radius 3 is 2.48 bits per heavy atom. The molecule has 0 atom stereocenters. The molecule has 7 heteroatoms. The second-order valence-electron chi connectivity index (χ2n) is 6.51. The zero-order valence-electron chi connectivity index (χ0n) is 16.7. The van der Waals surface area contributed by atoms with Crippen molar-refractivity contribution in [1.29, 1.82) is 0 Å². The molecule has 0 radical (unpaired) electrons. The van der Waals surface area contributed by atoms with Gasteiger partial charge in [-0.25, -0.2) is 4.98 Å². The molecule has 3 aromatic rings. The number of para-hydroxylation sites is 1. The molecule has 0 bridgehead atoms. The number of nitrogens with one attached hydrogen (secondary N) is 1. The van der Waals surface area contributed by atoms with Crippen LogP contribution in [0.2, 0.25) is 0 Å². The Bertz CT molecular complexity index is 1030. The highest BCUT2D eigenvalue weighted by molar-refractivity contribution is 5.78. The average molecular weight is 395 g/mol. The summed E-state index contributed by atoms with van der Waals surface area (Å²) in [7, 11) is 1.68. The van der Waals surface area contributed by atoms with E-state index >= 15 is 0 Å². The molecule has 0 spiro atoms. The van der Waals surface area contributed by atoms with Crippen molar-refractivity contribution in [3.63, 3.8) is 0 Å². The first-order valence-corrected chi connectivity index (χ1v) is 9.65. The van der Waals surface area contributed by atoms with E-state index in [1.165, 1.54) is 4.57 Å². The number of ether oxygens (including phenoxy) is 2. The number of hydrogen-bond donors (Lipinski definition) is 1. The van der Waals surface area contributed by atoms with Gasteiger partial charge >= 0.3 is 0 Å². The summed E-state index contributed by atoms with van der Waals surface area (Å²) in [5.41, 5.74) is 0.546. The maximum atomic E-state index is 12.4. The third-order valence-electron chi connectivity index (χ3n) is 4.48. The first kappa shape index (κ1) is 20.4. The Balaban J connectivity index is 1.45. The quantitative estimate of drug-likeness (QED) is 0.563. The molecule has 1 amide bonds. The predicted molar refractivity (Wildman–Crippen MR) is 111 cm³/mol. The van der Waals surface area contributed by atoms with E-state index in [9.17, 15) is 9.59 Å². The van der Waals surface area contributed by atoms with E-state index in [-0.39, 0.29) is 17.9 Å². The number of fused-ring (bicyclic) bond motifs is 1. The van der Waals surface area contributed by atoms with Gasteiger partial charge in [-0.2, -0.15) is 0 Å². The van der Waals surface area contributed by atoms with Crippen molar-refractivity contribution in [1.82, 2.24) is 14.9 Å². The van der Waals surface area contributed by atoms with E-state index in [0.29, 0.717) is 42.9 Å². The Kier molecular flexibility index (Phi) is 6.84. The van der Waals surface area contributed by atoms with Gasteiger partial charge in [0.15, 0.2) is 0 Å². The van der Waals surface area contributed by atoms with E-state index in [4.69, 9.17) is 9.47 Å². The van der Waals surface area contributed by atoms with E-state index in [1.807, 2.05) is 43.3 Å².